The highest BCUT2D eigenvalue weighted by Crippen LogP contribution is 2.40. The number of rotatable bonds is 6. The first-order valence-corrected chi connectivity index (χ1v) is 10.1. The van der Waals surface area contributed by atoms with E-state index in [4.69, 9.17) is 11.6 Å². The number of hydrazone groups is 1. The van der Waals surface area contributed by atoms with Crippen molar-refractivity contribution in [1.29, 1.82) is 0 Å². The Morgan fingerprint density at radius 3 is 2.33 bits per heavy atom. The summed E-state index contributed by atoms with van der Waals surface area (Å²) in [6.07, 6.45) is -1.60. The molecule has 0 saturated heterocycles. The summed E-state index contributed by atoms with van der Waals surface area (Å²) in [6.45, 7) is 2.10. The van der Waals surface area contributed by atoms with Crippen molar-refractivity contribution in [3.05, 3.63) is 70.2 Å². The predicted molar refractivity (Wildman–Crippen MR) is 109 cm³/mol. The lowest BCUT2D eigenvalue weighted by Crippen LogP contribution is -2.43. The molecule has 0 aliphatic carbocycles. The molecule has 1 unspecified atom stereocenters. The number of carbonyl (C=O) groups is 1. The van der Waals surface area contributed by atoms with E-state index in [0.29, 0.717) is 10.0 Å². The van der Waals surface area contributed by atoms with Crippen LogP contribution in [0.3, 0.4) is 0 Å². The third kappa shape index (κ3) is 4.68. The van der Waals surface area contributed by atoms with Crippen molar-refractivity contribution >= 4 is 23.2 Å². The number of benzene rings is 2. The van der Waals surface area contributed by atoms with Gasteiger partial charge in [-0.15, -0.1) is 0 Å². The molecule has 0 radical (unpaired) electrons. The minimum atomic E-state index is -4.76. The Balaban J connectivity index is 1.93. The number of unbranched alkanes of at least 4 members (excludes halogenated alkanes) is 2. The summed E-state index contributed by atoms with van der Waals surface area (Å²) >= 11 is 5.82. The Morgan fingerprint density at radius 2 is 1.77 bits per heavy atom. The number of nitrogens with zero attached hydrogens (tertiary/aromatic N) is 2. The largest absolute Gasteiger partial charge is 0.431 e. The SMILES string of the molecule is CCCCCc1ccc(C2(O)CC(C(F)(F)F)=NN2C(=O)c2ccc(Cl)cc2)cc1. The zero-order valence-electron chi connectivity index (χ0n) is 16.4. The fourth-order valence-corrected chi connectivity index (χ4v) is 3.50. The standard InChI is InChI=1S/C22H22ClF3N2O2/c1-2-3-4-5-15-6-10-17(11-7-15)21(30)14-19(22(24,25)26)27-28(21)20(29)16-8-12-18(23)13-9-16/h6-13,30H,2-5,14H2,1H3. The molecular weight excluding hydrogens is 417 g/mol. The summed E-state index contributed by atoms with van der Waals surface area (Å²) in [6, 6.07) is 12.3. The maximum Gasteiger partial charge on any atom is 0.431 e. The van der Waals surface area contributed by atoms with Crippen LogP contribution in [-0.4, -0.2) is 27.9 Å². The lowest BCUT2D eigenvalue weighted by molar-refractivity contribution is -0.0816. The number of halogens is 4. The van der Waals surface area contributed by atoms with E-state index >= 15 is 0 Å². The second-order valence-electron chi connectivity index (χ2n) is 7.32. The third-order valence-electron chi connectivity index (χ3n) is 5.08. The minimum absolute atomic E-state index is 0.0705. The molecule has 1 N–H and O–H groups in total. The van der Waals surface area contributed by atoms with Crippen LogP contribution in [0.1, 0.15) is 54.1 Å². The van der Waals surface area contributed by atoms with E-state index in [1.54, 1.807) is 24.3 Å². The summed E-state index contributed by atoms with van der Waals surface area (Å²) in [5.74, 6) is -0.847. The smallest absolute Gasteiger partial charge is 0.365 e. The Morgan fingerprint density at radius 1 is 1.13 bits per heavy atom. The number of aliphatic hydroxyl groups is 1. The van der Waals surface area contributed by atoms with Crippen LogP contribution in [-0.2, 0) is 12.1 Å². The average Bonchev–Trinajstić information content (AvgIpc) is 3.08. The lowest BCUT2D eigenvalue weighted by atomic mass is 9.94. The molecule has 0 spiro atoms. The Bertz CT molecular complexity index is 927. The molecule has 0 aromatic heterocycles. The van der Waals surface area contributed by atoms with Crippen LogP contribution >= 0.6 is 11.6 Å². The molecule has 2 aromatic rings. The first-order valence-electron chi connectivity index (χ1n) is 9.71. The van der Waals surface area contributed by atoms with Crippen molar-refractivity contribution < 1.29 is 23.1 Å². The molecule has 0 fully saturated rings. The quantitative estimate of drug-likeness (QED) is 0.590. The molecule has 1 aliphatic heterocycles. The number of aryl methyl sites for hydroxylation is 1. The number of amides is 1. The second-order valence-corrected chi connectivity index (χ2v) is 7.75. The number of carbonyl (C=O) groups excluding carboxylic acids is 1. The van der Waals surface area contributed by atoms with E-state index in [2.05, 4.69) is 12.0 Å². The van der Waals surface area contributed by atoms with E-state index in [1.807, 2.05) is 0 Å². The van der Waals surface area contributed by atoms with Gasteiger partial charge in [-0.3, -0.25) is 4.79 Å². The first-order chi connectivity index (χ1) is 14.1. The van der Waals surface area contributed by atoms with Crippen LogP contribution in [0.2, 0.25) is 5.02 Å². The van der Waals surface area contributed by atoms with E-state index in [1.165, 1.54) is 24.3 Å². The fraction of sp³-hybridized carbons (Fsp3) is 0.364. The van der Waals surface area contributed by atoms with E-state index in [9.17, 15) is 23.1 Å². The second kappa shape index (κ2) is 8.78. The van der Waals surface area contributed by atoms with E-state index in [-0.39, 0.29) is 11.1 Å². The van der Waals surface area contributed by atoms with Crippen molar-refractivity contribution in [1.82, 2.24) is 5.01 Å². The van der Waals surface area contributed by atoms with Gasteiger partial charge >= 0.3 is 6.18 Å². The first kappa shape index (κ1) is 22.3. The molecule has 30 heavy (non-hydrogen) atoms. The Hall–Kier alpha value is -2.38. The minimum Gasteiger partial charge on any atom is -0.365 e. The van der Waals surface area contributed by atoms with Gasteiger partial charge in [0.15, 0.2) is 5.72 Å². The third-order valence-corrected chi connectivity index (χ3v) is 5.33. The van der Waals surface area contributed by atoms with Crippen LogP contribution in [0.15, 0.2) is 53.6 Å². The van der Waals surface area contributed by atoms with E-state index < -0.39 is 29.9 Å². The van der Waals surface area contributed by atoms with Gasteiger partial charge in [-0.05, 0) is 42.7 Å². The van der Waals surface area contributed by atoms with Crippen molar-refractivity contribution in [2.75, 3.05) is 0 Å². The molecule has 4 nitrogen and oxygen atoms in total. The topological polar surface area (TPSA) is 52.9 Å². The molecule has 1 heterocycles. The zero-order valence-corrected chi connectivity index (χ0v) is 17.2. The van der Waals surface area contributed by atoms with Gasteiger partial charge in [0, 0.05) is 16.1 Å². The average molecular weight is 439 g/mol. The van der Waals surface area contributed by atoms with E-state index in [0.717, 1.165) is 31.2 Å². The summed E-state index contributed by atoms with van der Waals surface area (Å²) in [4.78, 5) is 12.9. The van der Waals surface area contributed by atoms with Gasteiger partial charge in [0.25, 0.3) is 5.91 Å². The van der Waals surface area contributed by atoms with Crippen LogP contribution in [0.5, 0.6) is 0 Å². The summed E-state index contributed by atoms with van der Waals surface area (Å²) in [7, 11) is 0. The number of alkyl halides is 3. The summed E-state index contributed by atoms with van der Waals surface area (Å²) in [5, 5.41) is 15.6. The molecular formula is C22H22ClF3N2O2. The van der Waals surface area contributed by atoms with Crippen LogP contribution in [0, 0.1) is 0 Å². The number of hydrogen-bond donors (Lipinski definition) is 1. The van der Waals surface area contributed by atoms with Gasteiger partial charge in [-0.25, -0.2) is 0 Å². The van der Waals surface area contributed by atoms with Crippen LogP contribution in [0.4, 0.5) is 13.2 Å². The van der Waals surface area contributed by atoms with Gasteiger partial charge in [-0.1, -0.05) is 55.6 Å². The fourth-order valence-electron chi connectivity index (χ4n) is 3.37. The lowest BCUT2D eigenvalue weighted by Gasteiger charge is -2.31. The highest BCUT2D eigenvalue weighted by Gasteiger charge is 2.53. The predicted octanol–water partition coefficient (Wildman–Crippen LogP) is 5.68. The molecule has 2 aromatic carbocycles. The summed E-state index contributed by atoms with van der Waals surface area (Å²) in [5.41, 5.74) is -2.18. The molecule has 160 valence electrons. The van der Waals surface area contributed by atoms with Gasteiger partial charge in [0.1, 0.15) is 5.71 Å². The van der Waals surface area contributed by atoms with Crippen molar-refractivity contribution in [3.8, 4) is 0 Å². The van der Waals surface area contributed by atoms with Gasteiger partial charge in [0.2, 0.25) is 0 Å². The van der Waals surface area contributed by atoms with Crippen molar-refractivity contribution in [2.45, 2.75) is 50.9 Å². The van der Waals surface area contributed by atoms with Crippen LogP contribution in [0.25, 0.3) is 0 Å². The molecule has 8 heteroatoms. The van der Waals surface area contributed by atoms with Gasteiger partial charge in [-0.2, -0.15) is 23.3 Å². The van der Waals surface area contributed by atoms with Crippen molar-refractivity contribution in [2.24, 2.45) is 5.10 Å². The molecule has 1 amide bonds. The molecule has 0 bridgehead atoms. The van der Waals surface area contributed by atoms with Gasteiger partial charge in [0.05, 0.1) is 6.42 Å². The maximum atomic E-state index is 13.4. The molecule has 1 atom stereocenters. The van der Waals surface area contributed by atoms with Crippen LogP contribution < -0.4 is 0 Å². The Labute approximate surface area is 178 Å². The highest BCUT2D eigenvalue weighted by atomic mass is 35.5. The monoisotopic (exact) mass is 438 g/mol. The zero-order chi connectivity index (χ0) is 21.9. The maximum absolute atomic E-state index is 13.4. The molecule has 1 aliphatic rings. The normalized spacial score (nSPS) is 19.1. The summed E-state index contributed by atoms with van der Waals surface area (Å²) < 4.78 is 40.1. The van der Waals surface area contributed by atoms with Crippen molar-refractivity contribution in [3.63, 3.8) is 0 Å². The molecule has 3 rings (SSSR count). The molecule has 0 saturated carbocycles. The highest BCUT2D eigenvalue weighted by molar-refractivity contribution is 6.30. The van der Waals surface area contributed by atoms with Gasteiger partial charge < -0.3 is 5.11 Å². The Kier molecular flexibility index (Phi) is 6.53. The number of hydrogen-bond acceptors (Lipinski definition) is 3.